The Morgan fingerprint density at radius 2 is 2.00 bits per heavy atom. The lowest BCUT2D eigenvalue weighted by molar-refractivity contribution is 0.315. The van der Waals surface area contributed by atoms with Crippen molar-refractivity contribution in [3.63, 3.8) is 0 Å². The highest BCUT2D eigenvalue weighted by molar-refractivity contribution is 5.70. The van der Waals surface area contributed by atoms with E-state index in [1.54, 1.807) is 22.3 Å². The average Bonchev–Trinajstić information content (AvgIpc) is 2.37. The van der Waals surface area contributed by atoms with Crippen LogP contribution >= 0.6 is 0 Å². The van der Waals surface area contributed by atoms with Crippen LogP contribution in [0.25, 0.3) is 5.57 Å². The Morgan fingerprint density at radius 1 is 1.16 bits per heavy atom. The van der Waals surface area contributed by atoms with E-state index < -0.39 is 0 Å². The number of rotatable bonds is 1. The molecule has 102 valence electrons. The topological polar surface area (TPSA) is 3.24 Å². The summed E-state index contributed by atoms with van der Waals surface area (Å²) in [5.41, 5.74) is 6.83. The number of nitrogens with zero attached hydrogens (tertiary/aromatic N) is 1. The summed E-state index contributed by atoms with van der Waals surface area (Å²) >= 11 is 0. The van der Waals surface area contributed by atoms with Crippen LogP contribution < -0.4 is 0 Å². The van der Waals surface area contributed by atoms with E-state index in [-0.39, 0.29) is 0 Å². The van der Waals surface area contributed by atoms with Crippen LogP contribution in [-0.4, -0.2) is 25.0 Å². The number of fused-ring (bicyclic) bond motifs is 1. The molecule has 0 bridgehead atoms. The molecular formula is C18H25N. The van der Waals surface area contributed by atoms with Crippen molar-refractivity contribution in [2.45, 2.75) is 39.5 Å². The second kappa shape index (κ2) is 4.79. The first-order valence-corrected chi connectivity index (χ1v) is 7.54. The summed E-state index contributed by atoms with van der Waals surface area (Å²) in [6.07, 6.45) is 7.45. The van der Waals surface area contributed by atoms with Gasteiger partial charge in [-0.15, -0.1) is 0 Å². The molecule has 0 spiro atoms. The van der Waals surface area contributed by atoms with Crippen LogP contribution in [0.2, 0.25) is 0 Å². The molecule has 0 saturated heterocycles. The third-order valence-electron chi connectivity index (χ3n) is 4.75. The number of hydrogen-bond acceptors (Lipinski definition) is 1. The van der Waals surface area contributed by atoms with Crippen LogP contribution in [0.3, 0.4) is 0 Å². The van der Waals surface area contributed by atoms with Crippen molar-refractivity contribution in [2.75, 3.05) is 20.1 Å². The molecule has 0 unspecified atom stereocenters. The summed E-state index contributed by atoms with van der Waals surface area (Å²) in [7, 11) is 2.20. The van der Waals surface area contributed by atoms with Gasteiger partial charge in [-0.05, 0) is 60.4 Å². The van der Waals surface area contributed by atoms with Gasteiger partial charge in [0.05, 0.1) is 0 Å². The van der Waals surface area contributed by atoms with E-state index in [1.807, 2.05) is 0 Å². The third-order valence-corrected chi connectivity index (χ3v) is 4.75. The third kappa shape index (κ3) is 2.62. The Morgan fingerprint density at radius 3 is 2.74 bits per heavy atom. The minimum Gasteiger partial charge on any atom is -0.302 e. The SMILES string of the molecule is CN1CC=C(c2cccc3c2CCC(C)(C)C3)CC1. The van der Waals surface area contributed by atoms with Crippen LogP contribution in [0.4, 0.5) is 0 Å². The normalized spacial score (nSPS) is 22.8. The smallest absolute Gasteiger partial charge is 0.0166 e. The second-order valence-electron chi connectivity index (χ2n) is 7.03. The minimum atomic E-state index is 0.479. The van der Waals surface area contributed by atoms with Crippen LogP contribution in [0.5, 0.6) is 0 Å². The number of benzene rings is 1. The van der Waals surface area contributed by atoms with Crippen molar-refractivity contribution < 1.29 is 0 Å². The van der Waals surface area contributed by atoms with Crippen molar-refractivity contribution in [3.8, 4) is 0 Å². The first-order chi connectivity index (χ1) is 9.05. The van der Waals surface area contributed by atoms with Crippen molar-refractivity contribution in [3.05, 3.63) is 41.0 Å². The van der Waals surface area contributed by atoms with Crippen LogP contribution in [0.15, 0.2) is 24.3 Å². The number of likely N-dealkylation sites (N-methyl/N-ethyl adjacent to an activating group) is 1. The molecule has 1 nitrogen and oxygen atoms in total. The molecule has 1 aliphatic carbocycles. The van der Waals surface area contributed by atoms with Crippen LogP contribution in [0.1, 0.15) is 43.4 Å². The molecule has 0 N–H and O–H groups in total. The minimum absolute atomic E-state index is 0.479. The highest BCUT2D eigenvalue weighted by Gasteiger charge is 2.27. The standard InChI is InChI=1S/C18H25N/c1-18(2)10-7-17-15(13-18)5-4-6-16(17)14-8-11-19(3)12-9-14/h4-6,8H,7,9-13H2,1-3H3. The fraction of sp³-hybridized carbons (Fsp3) is 0.556. The Hall–Kier alpha value is -1.08. The number of hydrogen-bond donors (Lipinski definition) is 0. The Balaban J connectivity index is 1.96. The summed E-state index contributed by atoms with van der Waals surface area (Å²) in [4.78, 5) is 2.39. The van der Waals surface area contributed by atoms with Gasteiger partial charge < -0.3 is 4.90 Å². The molecular weight excluding hydrogens is 230 g/mol. The molecule has 0 radical (unpaired) electrons. The Labute approximate surface area is 117 Å². The zero-order valence-electron chi connectivity index (χ0n) is 12.5. The van der Waals surface area contributed by atoms with Gasteiger partial charge in [0.25, 0.3) is 0 Å². The lowest BCUT2D eigenvalue weighted by Gasteiger charge is -2.33. The van der Waals surface area contributed by atoms with Crippen molar-refractivity contribution >= 4 is 5.57 Å². The van der Waals surface area contributed by atoms with Gasteiger partial charge in [-0.1, -0.05) is 38.1 Å². The van der Waals surface area contributed by atoms with Gasteiger partial charge in [-0.2, -0.15) is 0 Å². The zero-order chi connectivity index (χ0) is 13.5. The maximum Gasteiger partial charge on any atom is 0.0166 e. The summed E-state index contributed by atoms with van der Waals surface area (Å²) in [6.45, 7) is 7.10. The van der Waals surface area contributed by atoms with E-state index in [0.717, 1.165) is 6.54 Å². The average molecular weight is 255 g/mol. The van der Waals surface area contributed by atoms with Crippen molar-refractivity contribution in [2.24, 2.45) is 5.41 Å². The molecule has 0 atom stereocenters. The van der Waals surface area contributed by atoms with Gasteiger partial charge in [0.15, 0.2) is 0 Å². The van der Waals surface area contributed by atoms with E-state index in [0.29, 0.717) is 5.41 Å². The van der Waals surface area contributed by atoms with Crippen LogP contribution in [-0.2, 0) is 12.8 Å². The second-order valence-corrected chi connectivity index (χ2v) is 7.03. The highest BCUT2D eigenvalue weighted by atomic mass is 15.1. The lowest BCUT2D eigenvalue weighted by Crippen LogP contribution is -2.25. The predicted molar refractivity (Wildman–Crippen MR) is 82.3 cm³/mol. The molecule has 1 aromatic carbocycles. The van der Waals surface area contributed by atoms with Gasteiger partial charge in [0.1, 0.15) is 0 Å². The fourth-order valence-electron chi connectivity index (χ4n) is 3.48. The first kappa shape index (κ1) is 12.9. The Kier molecular flexibility index (Phi) is 3.26. The summed E-state index contributed by atoms with van der Waals surface area (Å²) in [5.74, 6) is 0. The molecule has 0 fully saturated rings. The Bertz CT molecular complexity index is 510. The molecule has 19 heavy (non-hydrogen) atoms. The largest absolute Gasteiger partial charge is 0.302 e. The quantitative estimate of drug-likeness (QED) is 0.735. The fourth-order valence-corrected chi connectivity index (χ4v) is 3.48. The summed E-state index contributed by atoms with van der Waals surface area (Å²) in [6, 6.07) is 6.94. The molecule has 1 heteroatoms. The molecule has 0 amide bonds. The first-order valence-electron chi connectivity index (χ1n) is 7.54. The van der Waals surface area contributed by atoms with Gasteiger partial charge in [0, 0.05) is 13.1 Å². The molecule has 2 aliphatic rings. The molecule has 1 aromatic rings. The maximum atomic E-state index is 2.43. The van der Waals surface area contributed by atoms with Crippen LogP contribution in [0, 0.1) is 5.41 Å². The van der Waals surface area contributed by atoms with E-state index >= 15 is 0 Å². The van der Waals surface area contributed by atoms with E-state index in [9.17, 15) is 0 Å². The maximum absolute atomic E-state index is 2.43. The van der Waals surface area contributed by atoms with Gasteiger partial charge in [-0.3, -0.25) is 0 Å². The van der Waals surface area contributed by atoms with E-state index in [2.05, 4.69) is 50.1 Å². The van der Waals surface area contributed by atoms with E-state index in [4.69, 9.17) is 0 Å². The monoisotopic (exact) mass is 255 g/mol. The van der Waals surface area contributed by atoms with Crippen molar-refractivity contribution in [1.82, 2.24) is 4.90 Å². The molecule has 1 heterocycles. The summed E-state index contributed by atoms with van der Waals surface area (Å²) in [5, 5.41) is 0. The molecule has 0 aromatic heterocycles. The molecule has 1 aliphatic heterocycles. The van der Waals surface area contributed by atoms with Gasteiger partial charge in [0.2, 0.25) is 0 Å². The predicted octanol–water partition coefficient (Wildman–Crippen LogP) is 3.92. The zero-order valence-corrected chi connectivity index (χ0v) is 12.5. The lowest BCUT2D eigenvalue weighted by atomic mass is 9.72. The van der Waals surface area contributed by atoms with Gasteiger partial charge >= 0.3 is 0 Å². The van der Waals surface area contributed by atoms with Gasteiger partial charge in [-0.25, -0.2) is 0 Å². The highest BCUT2D eigenvalue weighted by Crippen LogP contribution is 2.38. The molecule has 3 rings (SSSR count). The molecule has 0 saturated carbocycles. The van der Waals surface area contributed by atoms with E-state index in [1.165, 1.54) is 32.2 Å². The van der Waals surface area contributed by atoms with Crippen molar-refractivity contribution in [1.29, 1.82) is 0 Å². The summed E-state index contributed by atoms with van der Waals surface area (Å²) < 4.78 is 0.